The first-order valence-corrected chi connectivity index (χ1v) is 6.37. The zero-order chi connectivity index (χ0) is 15.4. The van der Waals surface area contributed by atoms with Crippen LogP contribution in [-0.2, 0) is 9.53 Å². The Hall–Kier alpha value is -2.70. The van der Waals surface area contributed by atoms with Crippen molar-refractivity contribution < 1.29 is 14.5 Å². The van der Waals surface area contributed by atoms with Crippen LogP contribution in [0.4, 0.5) is 11.4 Å². The summed E-state index contributed by atoms with van der Waals surface area (Å²) in [6.45, 7) is 2.21. The molecule has 1 aromatic carbocycles. The molecule has 0 spiro atoms. The highest BCUT2D eigenvalue weighted by Crippen LogP contribution is 2.31. The topological polar surface area (TPSA) is 94.4 Å². The van der Waals surface area contributed by atoms with E-state index in [4.69, 9.17) is 0 Å². The third-order valence-corrected chi connectivity index (χ3v) is 3.08. The third kappa shape index (κ3) is 3.25. The molecule has 0 aliphatic carbocycles. The molecule has 1 aromatic heterocycles. The molecular formula is C14H15N3O4. The van der Waals surface area contributed by atoms with Crippen LogP contribution >= 0.6 is 0 Å². The lowest BCUT2D eigenvalue weighted by molar-refractivity contribution is -0.383. The first kappa shape index (κ1) is 14.7. The lowest BCUT2D eigenvalue weighted by Crippen LogP contribution is -2.10. The number of carbonyl (C=O) groups excluding carboxylic acids is 1. The Labute approximate surface area is 121 Å². The zero-order valence-corrected chi connectivity index (χ0v) is 11.8. The highest BCUT2D eigenvalue weighted by atomic mass is 16.6. The number of esters is 1. The number of carbonyl (C=O) groups is 1. The number of nitro benzene ring substituents is 1. The van der Waals surface area contributed by atoms with E-state index in [9.17, 15) is 14.9 Å². The Morgan fingerprint density at radius 3 is 2.86 bits per heavy atom. The number of aryl methyl sites for hydroxylation is 1. The van der Waals surface area contributed by atoms with Gasteiger partial charge in [0.05, 0.1) is 23.8 Å². The Morgan fingerprint density at radius 1 is 1.43 bits per heavy atom. The lowest BCUT2D eigenvalue weighted by Gasteiger charge is -2.10. The monoisotopic (exact) mass is 289 g/mol. The lowest BCUT2D eigenvalue weighted by atomic mass is 10.1. The number of ether oxygens (including phenoxy) is 1. The summed E-state index contributed by atoms with van der Waals surface area (Å²) < 4.78 is 4.57. The first-order valence-electron chi connectivity index (χ1n) is 6.37. The van der Waals surface area contributed by atoms with Crippen molar-refractivity contribution in [3.05, 3.63) is 40.2 Å². The largest absolute Gasteiger partial charge is 0.469 e. The SMILES string of the molecule is COC(=O)CCNc1ccc([N+](=O)[O-])c2cnc(C)cc12. The maximum atomic E-state index is 11.1. The standard InChI is InChI=1S/C14H15N3O4/c1-9-7-10-11(8-16-9)13(17(19)20)4-3-12(10)15-6-5-14(18)21-2/h3-4,7-8,15H,5-6H2,1-2H3. The van der Waals surface area contributed by atoms with Crippen LogP contribution in [0.1, 0.15) is 12.1 Å². The number of hydrogen-bond acceptors (Lipinski definition) is 6. The molecule has 0 unspecified atom stereocenters. The molecule has 0 aliphatic rings. The van der Waals surface area contributed by atoms with E-state index in [1.54, 1.807) is 12.1 Å². The van der Waals surface area contributed by atoms with Gasteiger partial charge in [0.2, 0.25) is 0 Å². The fraction of sp³-hybridized carbons (Fsp3) is 0.286. The summed E-state index contributed by atoms with van der Waals surface area (Å²) in [6, 6.07) is 4.85. The number of non-ortho nitro benzene ring substituents is 1. The molecule has 21 heavy (non-hydrogen) atoms. The van der Waals surface area contributed by atoms with Crippen molar-refractivity contribution in [1.82, 2.24) is 4.98 Å². The molecule has 0 aliphatic heterocycles. The van der Waals surface area contributed by atoms with E-state index in [0.29, 0.717) is 17.3 Å². The van der Waals surface area contributed by atoms with Gasteiger partial charge in [-0.05, 0) is 19.1 Å². The molecule has 0 atom stereocenters. The van der Waals surface area contributed by atoms with Crippen molar-refractivity contribution in [2.75, 3.05) is 19.0 Å². The molecular weight excluding hydrogens is 274 g/mol. The van der Waals surface area contributed by atoms with Gasteiger partial charge in [0, 0.05) is 35.6 Å². The van der Waals surface area contributed by atoms with E-state index < -0.39 is 4.92 Å². The number of nitro groups is 1. The summed E-state index contributed by atoms with van der Waals surface area (Å²) in [5.74, 6) is -0.313. The highest BCUT2D eigenvalue weighted by Gasteiger charge is 2.15. The fourth-order valence-electron chi connectivity index (χ4n) is 2.04. The molecule has 2 rings (SSSR count). The number of fused-ring (bicyclic) bond motifs is 1. The zero-order valence-electron chi connectivity index (χ0n) is 11.8. The Balaban J connectivity index is 2.36. The van der Waals surface area contributed by atoms with Gasteiger partial charge in [0.25, 0.3) is 5.69 Å². The number of aromatic nitrogens is 1. The van der Waals surface area contributed by atoms with Gasteiger partial charge in [-0.25, -0.2) is 0 Å². The second-order valence-corrected chi connectivity index (χ2v) is 4.51. The summed E-state index contributed by atoms with van der Waals surface area (Å²) in [4.78, 5) is 25.8. The second-order valence-electron chi connectivity index (χ2n) is 4.51. The first-order chi connectivity index (χ1) is 10.0. The molecule has 2 aromatic rings. The molecule has 0 radical (unpaired) electrons. The van der Waals surface area contributed by atoms with Crippen LogP contribution in [0.3, 0.4) is 0 Å². The molecule has 0 saturated carbocycles. The number of methoxy groups -OCH3 is 1. The van der Waals surface area contributed by atoms with Gasteiger partial charge in [-0.2, -0.15) is 0 Å². The average molecular weight is 289 g/mol. The summed E-state index contributed by atoms with van der Waals surface area (Å²) in [5, 5.41) is 15.3. The molecule has 0 saturated heterocycles. The Morgan fingerprint density at radius 2 is 2.19 bits per heavy atom. The van der Waals surface area contributed by atoms with Crippen LogP contribution in [-0.4, -0.2) is 29.5 Å². The number of benzene rings is 1. The quantitative estimate of drug-likeness (QED) is 0.516. The molecule has 1 heterocycles. The van der Waals surface area contributed by atoms with Crippen molar-refractivity contribution in [1.29, 1.82) is 0 Å². The molecule has 7 nitrogen and oxygen atoms in total. The van der Waals surface area contributed by atoms with E-state index in [1.807, 2.05) is 6.92 Å². The molecule has 110 valence electrons. The maximum Gasteiger partial charge on any atom is 0.307 e. The normalized spacial score (nSPS) is 10.4. The summed E-state index contributed by atoms with van der Waals surface area (Å²) in [6.07, 6.45) is 1.72. The molecule has 0 bridgehead atoms. The molecule has 7 heteroatoms. The second kappa shape index (κ2) is 6.17. The smallest absolute Gasteiger partial charge is 0.307 e. The van der Waals surface area contributed by atoms with Crippen LogP contribution < -0.4 is 5.32 Å². The van der Waals surface area contributed by atoms with Gasteiger partial charge in [-0.1, -0.05) is 0 Å². The third-order valence-electron chi connectivity index (χ3n) is 3.08. The Bertz CT molecular complexity index is 700. The van der Waals surface area contributed by atoms with Crippen LogP contribution in [0, 0.1) is 17.0 Å². The highest BCUT2D eigenvalue weighted by molar-refractivity contribution is 5.99. The van der Waals surface area contributed by atoms with Gasteiger partial charge in [-0.15, -0.1) is 0 Å². The van der Waals surface area contributed by atoms with Crippen molar-refractivity contribution >= 4 is 28.1 Å². The van der Waals surface area contributed by atoms with Crippen molar-refractivity contribution in [2.24, 2.45) is 0 Å². The van der Waals surface area contributed by atoms with Crippen molar-refractivity contribution in [3.8, 4) is 0 Å². The maximum absolute atomic E-state index is 11.1. The number of pyridine rings is 1. The van der Waals surface area contributed by atoms with Crippen molar-refractivity contribution in [3.63, 3.8) is 0 Å². The summed E-state index contributed by atoms with van der Waals surface area (Å²) in [7, 11) is 1.33. The van der Waals surface area contributed by atoms with Gasteiger partial charge in [-0.3, -0.25) is 19.9 Å². The minimum absolute atomic E-state index is 0.0102. The van der Waals surface area contributed by atoms with Crippen LogP contribution in [0.2, 0.25) is 0 Å². The summed E-state index contributed by atoms with van der Waals surface area (Å²) in [5.41, 5.74) is 1.50. The van der Waals surface area contributed by atoms with Crippen LogP contribution in [0.25, 0.3) is 10.8 Å². The van der Waals surface area contributed by atoms with Gasteiger partial charge >= 0.3 is 5.97 Å². The Kier molecular flexibility index (Phi) is 4.32. The van der Waals surface area contributed by atoms with E-state index in [-0.39, 0.29) is 18.1 Å². The average Bonchev–Trinajstić information content (AvgIpc) is 2.46. The van der Waals surface area contributed by atoms with Crippen molar-refractivity contribution in [2.45, 2.75) is 13.3 Å². The van der Waals surface area contributed by atoms with E-state index in [0.717, 1.165) is 11.4 Å². The molecule has 0 fully saturated rings. The van der Waals surface area contributed by atoms with Crippen LogP contribution in [0.15, 0.2) is 24.4 Å². The van der Waals surface area contributed by atoms with E-state index >= 15 is 0 Å². The van der Waals surface area contributed by atoms with E-state index in [1.165, 1.54) is 19.4 Å². The number of rotatable bonds is 5. The van der Waals surface area contributed by atoms with Gasteiger partial charge < -0.3 is 10.1 Å². The predicted molar refractivity (Wildman–Crippen MR) is 78.3 cm³/mol. The molecule has 0 amide bonds. The fourth-order valence-corrected chi connectivity index (χ4v) is 2.04. The number of anilines is 1. The van der Waals surface area contributed by atoms with Gasteiger partial charge in [0.15, 0.2) is 0 Å². The van der Waals surface area contributed by atoms with E-state index in [2.05, 4.69) is 15.0 Å². The number of hydrogen-bond donors (Lipinski definition) is 1. The number of nitrogens with one attached hydrogen (secondary N) is 1. The minimum Gasteiger partial charge on any atom is -0.469 e. The van der Waals surface area contributed by atoms with Gasteiger partial charge in [0.1, 0.15) is 0 Å². The predicted octanol–water partition coefficient (Wildman–Crippen LogP) is 2.43. The molecule has 1 N–H and O–H groups in total. The number of nitrogens with zero attached hydrogens (tertiary/aromatic N) is 2. The van der Waals surface area contributed by atoms with Crippen LogP contribution in [0.5, 0.6) is 0 Å². The minimum atomic E-state index is -0.433. The summed E-state index contributed by atoms with van der Waals surface area (Å²) >= 11 is 0.